The molecule has 1 unspecified atom stereocenters. The van der Waals surface area contributed by atoms with Crippen molar-refractivity contribution in [2.75, 3.05) is 7.11 Å². The van der Waals surface area contributed by atoms with Gasteiger partial charge in [0.25, 0.3) is 0 Å². The first kappa shape index (κ1) is 19.3. The van der Waals surface area contributed by atoms with Gasteiger partial charge in [-0.3, -0.25) is 9.59 Å². The van der Waals surface area contributed by atoms with Crippen molar-refractivity contribution in [1.82, 2.24) is 5.32 Å². The summed E-state index contributed by atoms with van der Waals surface area (Å²) in [5.41, 5.74) is 1.84. The number of aryl methyl sites for hydroxylation is 1. The number of methoxy groups -OCH3 is 1. The van der Waals surface area contributed by atoms with Crippen molar-refractivity contribution in [3.05, 3.63) is 59.7 Å². The number of esters is 1. The molecule has 0 saturated carbocycles. The Labute approximate surface area is 152 Å². The molecule has 1 amide bonds. The second kappa shape index (κ2) is 9.46. The smallest absolute Gasteiger partial charge is 0.307 e. The molecule has 0 spiro atoms. The molecule has 3 N–H and O–H groups in total. The van der Waals surface area contributed by atoms with Crippen molar-refractivity contribution in [2.45, 2.75) is 31.7 Å². The zero-order chi connectivity index (χ0) is 18.9. The van der Waals surface area contributed by atoms with E-state index in [1.807, 2.05) is 0 Å². The summed E-state index contributed by atoms with van der Waals surface area (Å²) in [4.78, 5) is 23.9. The van der Waals surface area contributed by atoms with E-state index in [4.69, 9.17) is 4.74 Å². The molecule has 1 atom stereocenters. The number of nitrogens with one attached hydrogen (secondary N) is 1. The van der Waals surface area contributed by atoms with Gasteiger partial charge in [-0.25, -0.2) is 0 Å². The molecule has 0 fully saturated rings. The Kier molecular flexibility index (Phi) is 7.02. The van der Waals surface area contributed by atoms with Gasteiger partial charge in [0.1, 0.15) is 11.5 Å². The van der Waals surface area contributed by atoms with Crippen molar-refractivity contribution in [3.8, 4) is 11.5 Å². The van der Waals surface area contributed by atoms with Gasteiger partial charge in [-0.2, -0.15) is 0 Å². The predicted octanol–water partition coefficient (Wildman–Crippen LogP) is 2.32. The minimum Gasteiger partial charge on any atom is -0.508 e. The minimum absolute atomic E-state index is 0.0718. The Morgan fingerprint density at radius 3 is 2.04 bits per heavy atom. The Morgan fingerprint density at radius 2 is 1.50 bits per heavy atom. The van der Waals surface area contributed by atoms with Gasteiger partial charge < -0.3 is 20.3 Å². The SMILES string of the molecule is COC(=O)CC(Cc1ccc(O)cc1)NC(=O)CCc1ccc(O)cc1. The number of hydrogen-bond donors (Lipinski definition) is 3. The zero-order valence-electron chi connectivity index (χ0n) is 14.6. The van der Waals surface area contributed by atoms with Crippen molar-refractivity contribution < 1.29 is 24.5 Å². The maximum absolute atomic E-state index is 12.3. The monoisotopic (exact) mass is 357 g/mol. The van der Waals surface area contributed by atoms with E-state index in [1.165, 1.54) is 7.11 Å². The second-order valence-corrected chi connectivity index (χ2v) is 6.08. The lowest BCUT2D eigenvalue weighted by Gasteiger charge is -2.18. The molecule has 6 nitrogen and oxygen atoms in total. The first-order chi connectivity index (χ1) is 12.5. The van der Waals surface area contributed by atoms with Gasteiger partial charge in [0.15, 0.2) is 0 Å². The molecule has 2 aromatic rings. The lowest BCUT2D eigenvalue weighted by molar-refractivity contribution is -0.141. The van der Waals surface area contributed by atoms with E-state index >= 15 is 0 Å². The van der Waals surface area contributed by atoms with Crippen LogP contribution in [0.25, 0.3) is 0 Å². The van der Waals surface area contributed by atoms with Crippen molar-refractivity contribution in [3.63, 3.8) is 0 Å². The first-order valence-electron chi connectivity index (χ1n) is 8.38. The van der Waals surface area contributed by atoms with Gasteiger partial charge in [0, 0.05) is 12.5 Å². The zero-order valence-corrected chi connectivity index (χ0v) is 14.6. The van der Waals surface area contributed by atoms with E-state index in [1.54, 1.807) is 48.5 Å². The van der Waals surface area contributed by atoms with Gasteiger partial charge in [-0.1, -0.05) is 24.3 Å². The largest absolute Gasteiger partial charge is 0.508 e. The predicted molar refractivity (Wildman–Crippen MR) is 96.8 cm³/mol. The lowest BCUT2D eigenvalue weighted by atomic mass is 10.0. The number of benzene rings is 2. The Morgan fingerprint density at radius 1 is 0.962 bits per heavy atom. The molecular formula is C20H23NO5. The third-order valence-corrected chi connectivity index (χ3v) is 4.00. The lowest BCUT2D eigenvalue weighted by Crippen LogP contribution is -2.38. The number of aromatic hydroxyl groups is 2. The fourth-order valence-electron chi connectivity index (χ4n) is 2.60. The maximum Gasteiger partial charge on any atom is 0.307 e. The number of phenolic OH excluding ortho intramolecular Hbond substituents is 2. The van der Waals surface area contributed by atoms with E-state index in [-0.39, 0.29) is 36.3 Å². The number of hydrogen-bond acceptors (Lipinski definition) is 5. The summed E-state index contributed by atoms with van der Waals surface area (Å²) in [6.07, 6.45) is 1.34. The Bertz CT molecular complexity index is 725. The molecule has 6 heteroatoms. The van der Waals surface area contributed by atoms with Crippen LogP contribution in [0.5, 0.6) is 11.5 Å². The average Bonchev–Trinajstić information content (AvgIpc) is 2.63. The summed E-state index contributed by atoms with van der Waals surface area (Å²) >= 11 is 0. The molecule has 0 saturated heterocycles. The summed E-state index contributed by atoms with van der Waals surface area (Å²) in [5, 5.41) is 21.5. The van der Waals surface area contributed by atoms with Gasteiger partial charge in [-0.05, 0) is 48.2 Å². The quantitative estimate of drug-likeness (QED) is 0.630. The molecule has 2 rings (SSSR count). The van der Waals surface area contributed by atoms with Crippen LogP contribution in [0.1, 0.15) is 24.0 Å². The van der Waals surface area contributed by atoms with Crippen LogP contribution in [-0.2, 0) is 27.2 Å². The molecule has 138 valence electrons. The number of ether oxygens (including phenoxy) is 1. The van der Waals surface area contributed by atoms with Crippen LogP contribution in [0.3, 0.4) is 0 Å². The van der Waals surface area contributed by atoms with E-state index in [2.05, 4.69) is 5.32 Å². The molecular weight excluding hydrogens is 334 g/mol. The molecule has 0 bridgehead atoms. The van der Waals surface area contributed by atoms with E-state index in [0.717, 1.165) is 11.1 Å². The topological polar surface area (TPSA) is 95.9 Å². The molecule has 0 radical (unpaired) electrons. The summed E-state index contributed by atoms with van der Waals surface area (Å²) in [5.74, 6) is -0.209. The highest BCUT2D eigenvalue weighted by Crippen LogP contribution is 2.14. The van der Waals surface area contributed by atoms with Gasteiger partial charge >= 0.3 is 5.97 Å². The van der Waals surface area contributed by atoms with Crippen LogP contribution >= 0.6 is 0 Å². The third kappa shape index (κ3) is 6.47. The summed E-state index contributed by atoms with van der Waals surface area (Å²) in [6.45, 7) is 0. The fourth-order valence-corrected chi connectivity index (χ4v) is 2.60. The van der Waals surface area contributed by atoms with E-state index < -0.39 is 5.97 Å². The number of carbonyl (C=O) groups is 2. The Balaban J connectivity index is 1.93. The van der Waals surface area contributed by atoms with Crippen LogP contribution < -0.4 is 5.32 Å². The first-order valence-corrected chi connectivity index (χ1v) is 8.38. The molecule has 0 aliphatic rings. The molecule has 0 aliphatic carbocycles. The van der Waals surface area contributed by atoms with Crippen LogP contribution in [0.2, 0.25) is 0 Å². The highest BCUT2D eigenvalue weighted by Gasteiger charge is 2.17. The van der Waals surface area contributed by atoms with Crippen LogP contribution in [-0.4, -0.2) is 35.2 Å². The van der Waals surface area contributed by atoms with Crippen LogP contribution in [0.4, 0.5) is 0 Å². The molecule has 0 heterocycles. The van der Waals surface area contributed by atoms with Gasteiger partial charge in [-0.15, -0.1) is 0 Å². The summed E-state index contributed by atoms with van der Waals surface area (Å²) in [6, 6.07) is 12.9. The number of carbonyl (C=O) groups excluding carboxylic acids is 2. The number of amides is 1. The molecule has 26 heavy (non-hydrogen) atoms. The van der Waals surface area contributed by atoms with Crippen molar-refractivity contribution in [2.24, 2.45) is 0 Å². The Hall–Kier alpha value is -3.02. The minimum atomic E-state index is -0.396. The van der Waals surface area contributed by atoms with Crippen molar-refractivity contribution >= 4 is 11.9 Å². The van der Waals surface area contributed by atoms with E-state index in [0.29, 0.717) is 12.8 Å². The standard InChI is InChI=1S/C20H23NO5/c1-26-20(25)13-16(12-15-4-9-18(23)10-5-15)21-19(24)11-6-14-2-7-17(22)8-3-14/h2-5,7-10,16,22-23H,6,11-13H2,1H3,(H,21,24). The van der Waals surface area contributed by atoms with Gasteiger partial charge in [0.2, 0.25) is 5.91 Å². The highest BCUT2D eigenvalue weighted by atomic mass is 16.5. The number of rotatable bonds is 8. The van der Waals surface area contributed by atoms with Crippen molar-refractivity contribution in [1.29, 1.82) is 0 Å². The highest BCUT2D eigenvalue weighted by molar-refractivity contribution is 5.78. The van der Waals surface area contributed by atoms with Crippen LogP contribution in [0, 0.1) is 0 Å². The summed E-state index contributed by atoms with van der Waals surface area (Å²) < 4.78 is 4.71. The fraction of sp³-hybridized carbons (Fsp3) is 0.300. The average molecular weight is 357 g/mol. The molecule has 2 aromatic carbocycles. The van der Waals surface area contributed by atoms with Crippen LogP contribution in [0.15, 0.2) is 48.5 Å². The number of phenols is 2. The second-order valence-electron chi connectivity index (χ2n) is 6.08. The van der Waals surface area contributed by atoms with Gasteiger partial charge in [0.05, 0.1) is 13.5 Å². The van der Waals surface area contributed by atoms with E-state index in [9.17, 15) is 19.8 Å². The summed E-state index contributed by atoms with van der Waals surface area (Å²) in [7, 11) is 1.31. The third-order valence-electron chi connectivity index (χ3n) is 4.00. The normalized spacial score (nSPS) is 11.6. The molecule has 0 aromatic heterocycles. The molecule has 0 aliphatic heterocycles. The maximum atomic E-state index is 12.3.